The van der Waals surface area contributed by atoms with Crippen LogP contribution in [-0.4, -0.2) is 10.9 Å². The Morgan fingerprint density at radius 2 is 2.17 bits per heavy atom. The van der Waals surface area contributed by atoms with E-state index in [0.717, 1.165) is 15.8 Å². The summed E-state index contributed by atoms with van der Waals surface area (Å²) in [5, 5.41) is 2.60. The van der Waals surface area contributed by atoms with Crippen LogP contribution >= 0.6 is 34.2 Å². The Hall–Kier alpha value is -1.21. The third-order valence-corrected chi connectivity index (χ3v) is 3.10. The van der Waals surface area contributed by atoms with E-state index in [1.807, 2.05) is 12.1 Å². The van der Waals surface area contributed by atoms with Gasteiger partial charge in [0.2, 0.25) is 0 Å². The molecule has 1 aromatic carbocycles. The van der Waals surface area contributed by atoms with E-state index >= 15 is 0 Å². The SMILES string of the molecule is O=C(Nc1cccc(I)c1)c1cc(F)cnc1Cl. The van der Waals surface area contributed by atoms with E-state index in [1.54, 1.807) is 12.1 Å². The number of carbonyl (C=O) groups is 1. The van der Waals surface area contributed by atoms with Gasteiger partial charge in [0.25, 0.3) is 5.91 Å². The molecule has 0 fully saturated rings. The molecule has 0 aliphatic rings. The number of rotatable bonds is 2. The second kappa shape index (κ2) is 5.62. The molecule has 0 bridgehead atoms. The minimum Gasteiger partial charge on any atom is -0.322 e. The number of nitrogens with zero attached hydrogens (tertiary/aromatic N) is 1. The van der Waals surface area contributed by atoms with Gasteiger partial charge in [-0.1, -0.05) is 17.7 Å². The lowest BCUT2D eigenvalue weighted by Gasteiger charge is -2.06. The van der Waals surface area contributed by atoms with E-state index in [-0.39, 0.29) is 10.7 Å². The Kier molecular flexibility index (Phi) is 4.13. The van der Waals surface area contributed by atoms with Gasteiger partial charge in [-0.15, -0.1) is 0 Å². The van der Waals surface area contributed by atoms with E-state index in [9.17, 15) is 9.18 Å². The van der Waals surface area contributed by atoms with Crippen molar-refractivity contribution in [2.24, 2.45) is 0 Å². The molecule has 0 aliphatic carbocycles. The van der Waals surface area contributed by atoms with Gasteiger partial charge >= 0.3 is 0 Å². The zero-order valence-electron chi connectivity index (χ0n) is 8.95. The van der Waals surface area contributed by atoms with E-state index in [4.69, 9.17) is 11.6 Å². The fourth-order valence-corrected chi connectivity index (χ4v) is 2.08. The van der Waals surface area contributed by atoms with Crippen molar-refractivity contribution >= 4 is 45.8 Å². The predicted octanol–water partition coefficient (Wildman–Crippen LogP) is 3.73. The fraction of sp³-hybridized carbons (Fsp3) is 0. The highest BCUT2D eigenvalue weighted by molar-refractivity contribution is 14.1. The fourth-order valence-electron chi connectivity index (χ4n) is 1.35. The molecule has 0 radical (unpaired) electrons. The topological polar surface area (TPSA) is 42.0 Å². The number of halogens is 3. The number of nitrogens with one attached hydrogen (secondary N) is 1. The summed E-state index contributed by atoms with van der Waals surface area (Å²) in [6.45, 7) is 0. The van der Waals surface area contributed by atoms with Crippen molar-refractivity contribution in [1.29, 1.82) is 0 Å². The molecule has 0 unspecified atom stereocenters. The van der Waals surface area contributed by atoms with Gasteiger partial charge < -0.3 is 5.32 Å². The smallest absolute Gasteiger partial charge is 0.258 e. The Morgan fingerprint density at radius 1 is 1.39 bits per heavy atom. The molecule has 1 heterocycles. The lowest BCUT2D eigenvalue weighted by Crippen LogP contribution is -2.13. The molecule has 0 atom stereocenters. The minimum atomic E-state index is -0.604. The lowest BCUT2D eigenvalue weighted by molar-refractivity contribution is 0.102. The van der Waals surface area contributed by atoms with E-state index < -0.39 is 11.7 Å². The Balaban J connectivity index is 2.24. The Morgan fingerprint density at radius 3 is 2.89 bits per heavy atom. The number of hydrogen-bond donors (Lipinski definition) is 1. The maximum absolute atomic E-state index is 13.0. The van der Waals surface area contributed by atoms with Crippen molar-refractivity contribution in [1.82, 2.24) is 4.98 Å². The van der Waals surface area contributed by atoms with Crippen LogP contribution < -0.4 is 5.32 Å². The summed E-state index contributed by atoms with van der Waals surface area (Å²) in [5.41, 5.74) is 0.628. The van der Waals surface area contributed by atoms with Gasteiger partial charge in [-0.3, -0.25) is 4.79 Å². The Labute approximate surface area is 122 Å². The van der Waals surface area contributed by atoms with Crippen LogP contribution in [-0.2, 0) is 0 Å². The lowest BCUT2D eigenvalue weighted by atomic mass is 10.2. The van der Waals surface area contributed by atoms with Gasteiger partial charge in [-0.25, -0.2) is 9.37 Å². The van der Waals surface area contributed by atoms with Gasteiger partial charge in [0.05, 0.1) is 11.8 Å². The van der Waals surface area contributed by atoms with Crippen molar-refractivity contribution in [2.75, 3.05) is 5.32 Å². The highest BCUT2D eigenvalue weighted by Gasteiger charge is 2.13. The monoisotopic (exact) mass is 376 g/mol. The zero-order valence-corrected chi connectivity index (χ0v) is 11.9. The maximum Gasteiger partial charge on any atom is 0.258 e. The quantitative estimate of drug-likeness (QED) is 0.641. The molecule has 3 nitrogen and oxygen atoms in total. The van der Waals surface area contributed by atoms with Gasteiger partial charge in [0.15, 0.2) is 0 Å². The average Bonchev–Trinajstić information content (AvgIpc) is 2.32. The summed E-state index contributed by atoms with van der Waals surface area (Å²) in [4.78, 5) is 15.5. The molecule has 0 saturated carbocycles. The first-order valence-corrected chi connectivity index (χ1v) is 6.40. The second-order valence-electron chi connectivity index (χ2n) is 3.46. The van der Waals surface area contributed by atoms with Crippen LogP contribution in [0.4, 0.5) is 10.1 Å². The summed E-state index contributed by atoms with van der Waals surface area (Å²) >= 11 is 7.88. The molecule has 18 heavy (non-hydrogen) atoms. The van der Waals surface area contributed by atoms with Crippen molar-refractivity contribution in [2.45, 2.75) is 0 Å². The molecule has 2 aromatic rings. The predicted molar refractivity (Wildman–Crippen MR) is 76.3 cm³/mol. The molecular weight excluding hydrogens is 370 g/mol. The third kappa shape index (κ3) is 3.17. The largest absolute Gasteiger partial charge is 0.322 e. The normalized spacial score (nSPS) is 10.2. The van der Waals surface area contributed by atoms with Crippen LogP contribution in [0.2, 0.25) is 5.15 Å². The number of pyridine rings is 1. The molecule has 2 rings (SSSR count). The first kappa shape index (κ1) is 13.2. The van der Waals surface area contributed by atoms with Crippen LogP contribution in [0.15, 0.2) is 36.5 Å². The highest BCUT2D eigenvalue weighted by atomic mass is 127. The number of amides is 1. The molecule has 0 saturated heterocycles. The van der Waals surface area contributed by atoms with Gasteiger partial charge in [0, 0.05) is 9.26 Å². The summed E-state index contributed by atoms with van der Waals surface area (Å²) < 4.78 is 14.0. The molecule has 1 aromatic heterocycles. The molecular formula is C12H7ClFIN2O. The molecule has 92 valence electrons. The molecule has 0 aliphatic heterocycles. The zero-order chi connectivity index (χ0) is 13.1. The number of anilines is 1. The summed E-state index contributed by atoms with van der Waals surface area (Å²) in [6, 6.07) is 8.29. The van der Waals surface area contributed by atoms with Crippen LogP contribution in [0.1, 0.15) is 10.4 Å². The molecule has 6 heteroatoms. The van der Waals surface area contributed by atoms with E-state index in [2.05, 4.69) is 32.9 Å². The minimum absolute atomic E-state index is 0.00975. The van der Waals surface area contributed by atoms with E-state index in [0.29, 0.717) is 5.69 Å². The van der Waals surface area contributed by atoms with E-state index in [1.165, 1.54) is 0 Å². The summed E-state index contributed by atoms with van der Waals surface area (Å²) in [5.74, 6) is -1.10. The molecule has 1 N–H and O–H groups in total. The standard InChI is InChI=1S/C12H7ClFIN2O/c13-11-10(4-7(14)6-16-11)12(18)17-9-3-1-2-8(15)5-9/h1-6H,(H,17,18). The summed E-state index contributed by atoms with van der Waals surface area (Å²) in [6.07, 6.45) is 0.963. The average molecular weight is 377 g/mol. The number of carbonyl (C=O) groups excluding carboxylic acids is 1. The maximum atomic E-state index is 13.0. The van der Waals surface area contributed by atoms with Crippen LogP contribution in [0, 0.1) is 9.39 Å². The first-order chi connectivity index (χ1) is 8.56. The highest BCUT2D eigenvalue weighted by Crippen LogP contribution is 2.17. The van der Waals surface area contributed by atoms with Crippen molar-refractivity contribution in [3.8, 4) is 0 Å². The summed E-state index contributed by atoms with van der Waals surface area (Å²) in [7, 11) is 0. The number of hydrogen-bond acceptors (Lipinski definition) is 2. The van der Waals surface area contributed by atoms with Gasteiger partial charge in [-0.2, -0.15) is 0 Å². The van der Waals surface area contributed by atoms with Crippen LogP contribution in [0.5, 0.6) is 0 Å². The van der Waals surface area contributed by atoms with Crippen molar-refractivity contribution in [3.63, 3.8) is 0 Å². The number of benzene rings is 1. The molecule has 0 spiro atoms. The number of aromatic nitrogens is 1. The van der Waals surface area contributed by atoms with Crippen LogP contribution in [0.25, 0.3) is 0 Å². The second-order valence-corrected chi connectivity index (χ2v) is 5.06. The Bertz CT molecular complexity index is 606. The first-order valence-electron chi connectivity index (χ1n) is 4.94. The van der Waals surface area contributed by atoms with Crippen molar-refractivity contribution in [3.05, 3.63) is 56.6 Å². The van der Waals surface area contributed by atoms with Gasteiger partial charge in [-0.05, 0) is 46.9 Å². The third-order valence-electron chi connectivity index (χ3n) is 2.13. The molecule has 1 amide bonds. The van der Waals surface area contributed by atoms with Gasteiger partial charge in [0.1, 0.15) is 11.0 Å². The van der Waals surface area contributed by atoms with Crippen LogP contribution in [0.3, 0.4) is 0 Å². The van der Waals surface area contributed by atoms with Crippen molar-refractivity contribution < 1.29 is 9.18 Å².